The molecule has 3 N–H and O–H groups in total. The highest BCUT2D eigenvalue weighted by Crippen LogP contribution is 2.28. The fraction of sp³-hybridized carbons (Fsp3) is 0.462. The lowest BCUT2D eigenvalue weighted by molar-refractivity contribution is -0.125. The molecule has 0 aliphatic heterocycles. The monoisotopic (exact) mass is 364 g/mol. The van der Waals surface area contributed by atoms with Gasteiger partial charge in [-0.25, -0.2) is 4.39 Å². The molecule has 18 heavy (non-hydrogen) atoms. The van der Waals surface area contributed by atoms with Crippen LogP contribution in [0.1, 0.15) is 26.7 Å². The summed E-state index contributed by atoms with van der Waals surface area (Å²) in [5, 5.41) is 2.78. The molecule has 1 amide bonds. The predicted octanol–water partition coefficient (Wildman–Crippen LogP) is 3.13. The number of anilines is 1. The van der Waals surface area contributed by atoms with Crippen molar-refractivity contribution in [3.05, 3.63) is 27.6 Å². The van der Waals surface area contributed by atoms with Gasteiger partial charge in [0.1, 0.15) is 5.82 Å². The molecule has 0 aliphatic carbocycles. The zero-order valence-electron chi connectivity index (χ0n) is 10.6. The molecule has 1 aromatic carbocycles. The fourth-order valence-electron chi connectivity index (χ4n) is 1.81. The first kappa shape index (κ1) is 15.4. The first-order chi connectivity index (χ1) is 8.50. The smallest absolute Gasteiger partial charge is 0.231 e. The summed E-state index contributed by atoms with van der Waals surface area (Å²) >= 11 is 1.88. The fourth-order valence-corrected chi connectivity index (χ4v) is 2.30. The molecule has 0 unspecified atom stereocenters. The second-order valence-corrected chi connectivity index (χ2v) is 5.33. The maximum atomic E-state index is 13.4. The van der Waals surface area contributed by atoms with Gasteiger partial charge in [-0.2, -0.15) is 0 Å². The van der Waals surface area contributed by atoms with Crippen molar-refractivity contribution >= 4 is 34.2 Å². The molecule has 100 valence electrons. The molecule has 0 radical (unpaired) electrons. The maximum Gasteiger partial charge on any atom is 0.231 e. The van der Waals surface area contributed by atoms with E-state index >= 15 is 0 Å². The molecular formula is C13H18FIN2O. The van der Waals surface area contributed by atoms with Crippen LogP contribution in [-0.4, -0.2) is 12.5 Å². The Morgan fingerprint density at radius 3 is 2.56 bits per heavy atom. The summed E-state index contributed by atoms with van der Waals surface area (Å²) in [6.45, 7) is 4.16. The van der Waals surface area contributed by atoms with Gasteiger partial charge in [0.25, 0.3) is 0 Å². The molecule has 0 aromatic heterocycles. The molecule has 0 heterocycles. The number of amides is 1. The van der Waals surface area contributed by atoms with E-state index in [1.54, 1.807) is 12.1 Å². The van der Waals surface area contributed by atoms with Gasteiger partial charge in [0.05, 0.1) is 14.7 Å². The number of rotatable bonds is 5. The van der Waals surface area contributed by atoms with Crippen molar-refractivity contribution in [2.24, 2.45) is 11.1 Å². The van der Waals surface area contributed by atoms with Crippen molar-refractivity contribution in [2.45, 2.75) is 26.7 Å². The molecule has 5 heteroatoms. The molecule has 0 aliphatic rings. The van der Waals surface area contributed by atoms with E-state index in [1.807, 2.05) is 36.4 Å². The van der Waals surface area contributed by atoms with Crippen LogP contribution in [0.15, 0.2) is 18.2 Å². The molecule has 0 spiro atoms. The molecule has 0 fully saturated rings. The first-order valence-corrected chi connectivity index (χ1v) is 7.04. The van der Waals surface area contributed by atoms with Crippen LogP contribution in [0.5, 0.6) is 0 Å². The third-order valence-electron chi connectivity index (χ3n) is 3.43. The van der Waals surface area contributed by atoms with E-state index in [0.29, 0.717) is 22.1 Å². The van der Waals surface area contributed by atoms with Crippen molar-refractivity contribution < 1.29 is 9.18 Å². The van der Waals surface area contributed by atoms with Crippen LogP contribution in [-0.2, 0) is 4.79 Å². The van der Waals surface area contributed by atoms with Gasteiger partial charge >= 0.3 is 0 Å². The average molecular weight is 364 g/mol. The van der Waals surface area contributed by atoms with Gasteiger partial charge in [-0.1, -0.05) is 19.9 Å². The number of hydrogen-bond donors (Lipinski definition) is 2. The topological polar surface area (TPSA) is 55.1 Å². The third-order valence-corrected chi connectivity index (χ3v) is 4.52. The Balaban J connectivity index is 2.97. The van der Waals surface area contributed by atoms with E-state index in [9.17, 15) is 9.18 Å². The third kappa shape index (κ3) is 3.00. The van der Waals surface area contributed by atoms with E-state index in [2.05, 4.69) is 5.32 Å². The number of carbonyl (C=O) groups excluding carboxylic acids is 1. The summed E-state index contributed by atoms with van der Waals surface area (Å²) in [5.41, 5.74) is 5.64. The summed E-state index contributed by atoms with van der Waals surface area (Å²) < 4.78 is 13.8. The quantitative estimate of drug-likeness (QED) is 0.789. The number of nitrogens with two attached hydrogens (primary N) is 1. The van der Waals surface area contributed by atoms with Gasteiger partial charge in [0.15, 0.2) is 0 Å². The largest absolute Gasteiger partial charge is 0.329 e. The zero-order valence-corrected chi connectivity index (χ0v) is 12.8. The number of nitrogens with one attached hydrogen (secondary N) is 1. The van der Waals surface area contributed by atoms with Crippen molar-refractivity contribution in [3.63, 3.8) is 0 Å². The van der Waals surface area contributed by atoms with Crippen molar-refractivity contribution in [2.75, 3.05) is 11.9 Å². The Kier molecular flexibility index (Phi) is 5.52. The summed E-state index contributed by atoms with van der Waals surface area (Å²) in [6.07, 6.45) is 1.33. The van der Waals surface area contributed by atoms with Crippen LogP contribution >= 0.6 is 22.6 Å². The van der Waals surface area contributed by atoms with Crippen LogP contribution in [0.3, 0.4) is 0 Å². The molecular weight excluding hydrogens is 346 g/mol. The summed E-state index contributed by atoms with van der Waals surface area (Å²) in [4.78, 5) is 12.3. The summed E-state index contributed by atoms with van der Waals surface area (Å²) in [5.74, 6) is -0.474. The summed E-state index contributed by atoms with van der Waals surface area (Å²) in [7, 11) is 0. The van der Waals surface area contributed by atoms with Gasteiger partial charge < -0.3 is 11.1 Å². The van der Waals surface area contributed by atoms with E-state index in [-0.39, 0.29) is 18.3 Å². The van der Waals surface area contributed by atoms with Crippen LogP contribution < -0.4 is 11.1 Å². The van der Waals surface area contributed by atoms with Gasteiger partial charge in [0, 0.05) is 6.54 Å². The second kappa shape index (κ2) is 6.47. The Hall–Kier alpha value is -0.690. The Bertz CT molecular complexity index is 425. The van der Waals surface area contributed by atoms with E-state index < -0.39 is 5.41 Å². The van der Waals surface area contributed by atoms with E-state index in [4.69, 9.17) is 5.73 Å². The lowest BCUT2D eigenvalue weighted by atomic mass is 9.81. The minimum absolute atomic E-state index is 0.140. The zero-order chi connectivity index (χ0) is 13.8. The van der Waals surface area contributed by atoms with Gasteiger partial charge in [-0.05, 0) is 47.6 Å². The highest BCUT2D eigenvalue weighted by molar-refractivity contribution is 14.1. The normalized spacial score (nSPS) is 11.4. The van der Waals surface area contributed by atoms with Crippen molar-refractivity contribution in [1.82, 2.24) is 0 Å². The Morgan fingerprint density at radius 2 is 2.06 bits per heavy atom. The average Bonchev–Trinajstić information content (AvgIpc) is 2.38. The number of carbonyl (C=O) groups is 1. The molecule has 0 saturated heterocycles. The Labute approximate surface area is 120 Å². The lowest BCUT2D eigenvalue weighted by Crippen LogP contribution is -2.41. The van der Waals surface area contributed by atoms with Gasteiger partial charge in [0.2, 0.25) is 5.91 Å². The van der Waals surface area contributed by atoms with Crippen LogP contribution in [0, 0.1) is 14.8 Å². The van der Waals surface area contributed by atoms with Crippen LogP contribution in [0.25, 0.3) is 0 Å². The molecule has 0 bridgehead atoms. The Morgan fingerprint density at radius 1 is 1.44 bits per heavy atom. The van der Waals surface area contributed by atoms with Crippen LogP contribution in [0.2, 0.25) is 0 Å². The SMILES string of the molecule is CCC(CC)(CN)C(=O)Nc1cccc(F)c1I. The van der Waals surface area contributed by atoms with Crippen LogP contribution in [0.4, 0.5) is 10.1 Å². The van der Waals surface area contributed by atoms with Crippen molar-refractivity contribution in [3.8, 4) is 0 Å². The molecule has 1 aromatic rings. The highest BCUT2D eigenvalue weighted by Gasteiger charge is 2.33. The van der Waals surface area contributed by atoms with E-state index in [1.165, 1.54) is 6.07 Å². The van der Waals surface area contributed by atoms with Crippen molar-refractivity contribution in [1.29, 1.82) is 0 Å². The number of benzene rings is 1. The highest BCUT2D eigenvalue weighted by atomic mass is 127. The molecule has 0 saturated carbocycles. The number of halogens is 2. The first-order valence-electron chi connectivity index (χ1n) is 5.96. The minimum atomic E-state index is -0.574. The lowest BCUT2D eigenvalue weighted by Gasteiger charge is -2.28. The van der Waals surface area contributed by atoms with Gasteiger partial charge in [-0.15, -0.1) is 0 Å². The molecule has 0 atom stereocenters. The van der Waals surface area contributed by atoms with Gasteiger partial charge in [-0.3, -0.25) is 4.79 Å². The molecule has 3 nitrogen and oxygen atoms in total. The predicted molar refractivity (Wildman–Crippen MR) is 79.8 cm³/mol. The summed E-state index contributed by atoms with van der Waals surface area (Å²) in [6, 6.07) is 4.64. The minimum Gasteiger partial charge on any atom is -0.329 e. The van der Waals surface area contributed by atoms with E-state index in [0.717, 1.165) is 0 Å². The molecule has 1 rings (SSSR count). The standard InChI is InChI=1S/C13H18FIN2O/c1-3-13(4-2,8-16)12(18)17-10-7-5-6-9(14)11(10)15/h5-7H,3-4,8,16H2,1-2H3,(H,17,18). The number of hydrogen-bond acceptors (Lipinski definition) is 2. The second-order valence-electron chi connectivity index (χ2n) is 4.25. The maximum absolute atomic E-state index is 13.4.